The van der Waals surface area contributed by atoms with E-state index in [0.717, 1.165) is 16.3 Å². The lowest BCUT2D eigenvalue weighted by molar-refractivity contribution is 0.246. The predicted molar refractivity (Wildman–Crippen MR) is 64.5 cm³/mol. The molecule has 2 rings (SSSR count). The Kier molecular flexibility index (Phi) is 2.94. The number of hydrogen-bond acceptors (Lipinski definition) is 5. The average molecular weight is 220 g/mol. The Balaban J connectivity index is 2.31. The van der Waals surface area contributed by atoms with Crippen molar-refractivity contribution in [2.45, 2.75) is 0 Å². The Bertz CT molecular complexity index is 399. The van der Waals surface area contributed by atoms with Crippen molar-refractivity contribution in [3.8, 4) is 0 Å². The maximum absolute atomic E-state index is 5.61. The minimum atomic E-state index is 0.884. The van der Waals surface area contributed by atoms with E-state index in [1.54, 1.807) is 11.8 Å². The minimum Gasteiger partial charge on any atom is -0.267 e. The molecule has 15 heavy (non-hydrogen) atoms. The molecule has 0 spiro atoms. The molecule has 0 unspecified atom stereocenters. The van der Waals surface area contributed by atoms with E-state index < -0.39 is 0 Å². The minimum absolute atomic E-state index is 0.884. The van der Waals surface area contributed by atoms with Gasteiger partial charge in [0, 0.05) is 0 Å². The second-order valence-electron chi connectivity index (χ2n) is 3.02. The molecule has 0 aliphatic carbocycles. The standard InChI is InChI=1S/C10H12N4S/c1-15-10-7-9(12-14(11)13-10)8-5-3-2-4-6-8/h2-7,12H,11H2,1H3. The number of rotatable bonds is 1. The molecular weight excluding hydrogens is 208 g/mol. The molecule has 0 radical (unpaired) electrons. The number of nitrogens with two attached hydrogens (primary N) is 1. The van der Waals surface area contributed by atoms with Crippen LogP contribution in [-0.4, -0.2) is 16.5 Å². The maximum atomic E-state index is 5.61. The highest BCUT2D eigenvalue weighted by Crippen LogP contribution is 2.16. The highest BCUT2D eigenvalue weighted by atomic mass is 32.2. The van der Waals surface area contributed by atoms with E-state index in [2.05, 4.69) is 10.5 Å². The van der Waals surface area contributed by atoms with Gasteiger partial charge in [-0.3, -0.25) is 5.43 Å². The first-order chi connectivity index (χ1) is 7.29. The molecule has 0 saturated heterocycles. The van der Waals surface area contributed by atoms with Gasteiger partial charge in [0.15, 0.2) is 0 Å². The van der Waals surface area contributed by atoms with E-state index in [0.29, 0.717) is 0 Å². The molecule has 1 aromatic rings. The van der Waals surface area contributed by atoms with Crippen molar-refractivity contribution in [3.05, 3.63) is 42.0 Å². The summed E-state index contributed by atoms with van der Waals surface area (Å²) < 4.78 is 0. The Morgan fingerprint density at radius 1 is 1.33 bits per heavy atom. The van der Waals surface area contributed by atoms with Crippen molar-refractivity contribution >= 4 is 22.5 Å². The van der Waals surface area contributed by atoms with Crippen LogP contribution in [0, 0.1) is 0 Å². The van der Waals surface area contributed by atoms with Crippen LogP contribution in [0.5, 0.6) is 0 Å². The van der Waals surface area contributed by atoms with Gasteiger partial charge in [-0.1, -0.05) is 30.3 Å². The van der Waals surface area contributed by atoms with Gasteiger partial charge in [-0.25, -0.2) is 5.84 Å². The summed E-state index contributed by atoms with van der Waals surface area (Å²) in [5, 5.41) is 6.19. The summed E-state index contributed by atoms with van der Waals surface area (Å²) in [5.41, 5.74) is 5.02. The number of hydrogen-bond donors (Lipinski definition) is 2. The lowest BCUT2D eigenvalue weighted by Crippen LogP contribution is -2.41. The Hall–Kier alpha value is -1.46. The van der Waals surface area contributed by atoms with E-state index in [-0.39, 0.29) is 0 Å². The fourth-order valence-electron chi connectivity index (χ4n) is 1.30. The molecule has 0 fully saturated rings. The van der Waals surface area contributed by atoms with Crippen molar-refractivity contribution in [2.75, 3.05) is 6.26 Å². The fraction of sp³-hybridized carbons (Fsp3) is 0.100. The Morgan fingerprint density at radius 2 is 2.07 bits per heavy atom. The number of thioether (sulfide) groups is 1. The number of nitrogens with zero attached hydrogens (tertiary/aromatic N) is 2. The van der Waals surface area contributed by atoms with Gasteiger partial charge in [0.1, 0.15) is 5.04 Å². The van der Waals surface area contributed by atoms with Crippen LogP contribution in [0.15, 0.2) is 41.5 Å². The highest BCUT2D eigenvalue weighted by Gasteiger charge is 2.10. The first-order valence-corrected chi connectivity index (χ1v) is 5.73. The van der Waals surface area contributed by atoms with E-state index in [9.17, 15) is 0 Å². The van der Waals surface area contributed by atoms with Gasteiger partial charge in [-0.15, -0.1) is 22.1 Å². The zero-order valence-electron chi connectivity index (χ0n) is 8.34. The molecular formula is C10H12N4S. The molecule has 1 aromatic carbocycles. The van der Waals surface area contributed by atoms with Crippen molar-refractivity contribution in [1.82, 2.24) is 10.7 Å². The second-order valence-corrected chi connectivity index (χ2v) is 3.85. The van der Waals surface area contributed by atoms with Crippen molar-refractivity contribution in [1.29, 1.82) is 0 Å². The maximum Gasteiger partial charge on any atom is 0.122 e. The topological polar surface area (TPSA) is 53.6 Å². The third-order valence-corrected chi connectivity index (χ3v) is 2.62. The third kappa shape index (κ3) is 2.31. The van der Waals surface area contributed by atoms with Gasteiger partial charge in [0.25, 0.3) is 0 Å². The number of benzene rings is 1. The summed E-state index contributed by atoms with van der Waals surface area (Å²) >= 11 is 1.56. The second kappa shape index (κ2) is 4.37. The molecule has 78 valence electrons. The summed E-state index contributed by atoms with van der Waals surface area (Å²) in [7, 11) is 0. The quantitative estimate of drug-likeness (QED) is 0.702. The lowest BCUT2D eigenvalue weighted by atomic mass is 10.1. The number of nitrogens with one attached hydrogen (secondary N) is 1. The molecule has 0 aromatic heterocycles. The molecule has 3 N–H and O–H groups in total. The zero-order chi connectivity index (χ0) is 10.7. The summed E-state index contributed by atoms with van der Waals surface area (Å²) in [6.07, 6.45) is 3.94. The molecule has 0 bridgehead atoms. The summed E-state index contributed by atoms with van der Waals surface area (Å²) in [5.74, 6) is 5.61. The van der Waals surface area contributed by atoms with Gasteiger partial charge >= 0.3 is 0 Å². The predicted octanol–water partition coefficient (Wildman–Crippen LogP) is 1.40. The largest absolute Gasteiger partial charge is 0.267 e. The summed E-state index contributed by atoms with van der Waals surface area (Å²) in [6.45, 7) is 0. The van der Waals surface area contributed by atoms with Gasteiger partial charge in [0.05, 0.1) is 5.70 Å². The van der Waals surface area contributed by atoms with Gasteiger partial charge in [-0.2, -0.15) is 0 Å². The lowest BCUT2D eigenvalue weighted by Gasteiger charge is -2.22. The van der Waals surface area contributed by atoms with Crippen LogP contribution in [0.1, 0.15) is 5.56 Å². The Morgan fingerprint density at radius 3 is 2.73 bits per heavy atom. The van der Waals surface area contributed by atoms with Crippen LogP contribution in [0.4, 0.5) is 0 Å². The molecule has 0 saturated carbocycles. The number of hydrazone groups is 1. The first kappa shape index (κ1) is 10.1. The van der Waals surface area contributed by atoms with Crippen LogP contribution in [0.3, 0.4) is 0 Å². The van der Waals surface area contributed by atoms with Gasteiger partial charge in [0.2, 0.25) is 0 Å². The van der Waals surface area contributed by atoms with E-state index in [1.165, 1.54) is 5.23 Å². The molecule has 1 aliphatic heterocycles. The molecule has 0 atom stereocenters. The number of hydrazine groups is 2. The normalized spacial score (nSPS) is 15.5. The molecule has 5 heteroatoms. The van der Waals surface area contributed by atoms with Crippen molar-refractivity contribution in [2.24, 2.45) is 10.9 Å². The van der Waals surface area contributed by atoms with Crippen molar-refractivity contribution in [3.63, 3.8) is 0 Å². The van der Waals surface area contributed by atoms with E-state index >= 15 is 0 Å². The zero-order valence-corrected chi connectivity index (χ0v) is 9.16. The molecule has 1 aliphatic rings. The fourth-order valence-corrected chi connectivity index (χ4v) is 1.71. The first-order valence-electron chi connectivity index (χ1n) is 4.51. The van der Waals surface area contributed by atoms with Crippen LogP contribution < -0.4 is 11.3 Å². The summed E-state index contributed by atoms with van der Waals surface area (Å²) in [4.78, 5) is 0. The smallest absolute Gasteiger partial charge is 0.122 e. The average Bonchev–Trinajstić information content (AvgIpc) is 2.29. The van der Waals surface area contributed by atoms with Gasteiger partial charge in [-0.05, 0) is 17.9 Å². The van der Waals surface area contributed by atoms with Crippen LogP contribution in [0.2, 0.25) is 0 Å². The van der Waals surface area contributed by atoms with Crippen LogP contribution >= 0.6 is 11.8 Å². The third-order valence-electron chi connectivity index (χ3n) is 2.00. The Labute approximate surface area is 92.8 Å². The highest BCUT2D eigenvalue weighted by molar-refractivity contribution is 8.13. The van der Waals surface area contributed by atoms with Crippen molar-refractivity contribution < 1.29 is 0 Å². The van der Waals surface area contributed by atoms with Crippen LogP contribution in [0.25, 0.3) is 5.70 Å². The SMILES string of the molecule is CSC1=NN(N)NC(c2ccccc2)=C1. The monoisotopic (exact) mass is 220 g/mol. The molecule has 4 nitrogen and oxygen atoms in total. The molecule has 0 amide bonds. The van der Waals surface area contributed by atoms with Gasteiger partial charge < -0.3 is 0 Å². The van der Waals surface area contributed by atoms with E-state index in [4.69, 9.17) is 5.84 Å². The molecule has 1 heterocycles. The van der Waals surface area contributed by atoms with E-state index in [1.807, 2.05) is 42.7 Å². The summed E-state index contributed by atoms with van der Waals surface area (Å²) in [6, 6.07) is 10.0. The van der Waals surface area contributed by atoms with Crippen LogP contribution in [-0.2, 0) is 0 Å².